The first-order valence-electron chi connectivity index (χ1n) is 8.56. The van der Waals surface area contributed by atoms with Gasteiger partial charge in [-0.05, 0) is 5.56 Å². The zero-order valence-corrected chi connectivity index (χ0v) is 14.5. The Hall–Kier alpha value is -2.87. The van der Waals surface area contributed by atoms with Gasteiger partial charge in [0, 0.05) is 39.1 Å². The summed E-state index contributed by atoms with van der Waals surface area (Å²) in [5.74, 6) is 0.258. The molecular formula is C18H22N4O4. The minimum atomic E-state index is -0.368. The first-order valence-corrected chi connectivity index (χ1v) is 8.56. The van der Waals surface area contributed by atoms with Gasteiger partial charge in [-0.3, -0.25) is 4.79 Å². The molecule has 138 valence electrons. The average molecular weight is 358 g/mol. The highest BCUT2D eigenvalue weighted by Crippen LogP contribution is 2.11. The molecule has 26 heavy (non-hydrogen) atoms. The minimum Gasteiger partial charge on any atom is -0.448 e. The van der Waals surface area contributed by atoms with Gasteiger partial charge in [0.25, 0.3) is 5.91 Å². The SMILES string of the molecule is NCCc1nc(C(=O)N2CCN(C(=O)OCc3ccccc3)CC2)co1. The molecule has 8 heteroatoms. The Balaban J connectivity index is 1.47. The van der Waals surface area contributed by atoms with Gasteiger partial charge in [0.1, 0.15) is 12.9 Å². The molecule has 8 nitrogen and oxygen atoms in total. The van der Waals surface area contributed by atoms with Gasteiger partial charge in [0.05, 0.1) is 0 Å². The number of hydrogen-bond acceptors (Lipinski definition) is 6. The Bertz CT molecular complexity index is 739. The molecule has 1 aromatic heterocycles. The van der Waals surface area contributed by atoms with Crippen LogP contribution in [0.3, 0.4) is 0 Å². The summed E-state index contributed by atoms with van der Waals surface area (Å²) >= 11 is 0. The van der Waals surface area contributed by atoms with Crippen molar-refractivity contribution in [3.8, 4) is 0 Å². The molecule has 1 fully saturated rings. The summed E-state index contributed by atoms with van der Waals surface area (Å²) < 4.78 is 10.5. The van der Waals surface area contributed by atoms with Crippen LogP contribution >= 0.6 is 0 Å². The number of amides is 2. The van der Waals surface area contributed by atoms with Crippen molar-refractivity contribution in [3.05, 3.63) is 53.7 Å². The van der Waals surface area contributed by atoms with Crippen molar-refractivity contribution in [2.75, 3.05) is 32.7 Å². The molecule has 1 aromatic carbocycles. The maximum Gasteiger partial charge on any atom is 0.410 e. The van der Waals surface area contributed by atoms with Crippen molar-refractivity contribution in [1.82, 2.24) is 14.8 Å². The largest absolute Gasteiger partial charge is 0.448 e. The van der Waals surface area contributed by atoms with Crippen LogP contribution in [0.25, 0.3) is 0 Å². The van der Waals surface area contributed by atoms with Crippen LogP contribution in [0.4, 0.5) is 4.79 Å². The average Bonchev–Trinajstić information content (AvgIpc) is 3.15. The second kappa shape index (κ2) is 8.48. The van der Waals surface area contributed by atoms with Crippen LogP contribution in [0.15, 0.2) is 41.0 Å². The van der Waals surface area contributed by atoms with Crippen molar-refractivity contribution in [1.29, 1.82) is 0 Å². The number of oxazole rings is 1. The van der Waals surface area contributed by atoms with Crippen LogP contribution < -0.4 is 5.73 Å². The molecule has 0 bridgehead atoms. The molecule has 0 atom stereocenters. The predicted octanol–water partition coefficient (Wildman–Crippen LogP) is 1.27. The van der Waals surface area contributed by atoms with E-state index >= 15 is 0 Å². The van der Waals surface area contributed by atoms with Gasteiger partial charge in [-0.2, -0.15) is 0 Å². The van der Waals surface area contributed by atoms with Gasteiger partial charge >= 0.3 is 6.09 Å². The highest BCUT2D eigenvalue weighted by atomic mass is 16.6. The third kappa shape index (κ3) is 4.40. The lowest BCUT2D eigenvalue weighted by atomic mass is 10.2. The number of nitrogens with zero attached hydrogens (tertiary/aromatic N) is 3. The number of ether oxygens (including phenoxy) is 1. The van der Waals surface area contributed by atoms with E-state index in [-0.39, 0.29) is 24.3 Å². The Morgan fingerprint density at radius 3 is 2.50 bits per heavy atom. The van der Waals surface area contributed by atoms with Crippen molar-refractivity contribution < 1.29 is 18.7 Å². The van der Waals surface area contributed by atoms with Gasteiger partial charge in [0.15, 0.2) is 11.6 Å². The van der Waals surface area contributed by atoms with Crippen LogP contribution in [-0.2, 0) is 17.8 Å². The molecule has 1 saturated heterocycles. The van der Waals surface area contributed by atoms with Crippen LogP contribution in [-0.4, -0.2) is 59.5 Å². The zero-order chi connectivity index (χ0) is 18.4. The number of aromatic nitrogens is 1. The maximum atomic E-state index is 12.4. The number of piperazine rings is 1. The molecule has 1 aliphatic rings. The summed E-state index contributed by atoms with van der Waals surface area (Å²) in [5.41, 5.74) is 6.66. The third-order valence-corrected chi connectivity index (χ3v) is 4.16. The van der Waals surface area contributed by atoms with Crippen molar-refractivity contribution in [2.24, 2.45) is 5.73 Å². The van der Waals surface area contributed by atoms with Crippen molar-refractivity contribution >= 4 is 12.0 Å². The summed E-state index contributed by atoms with van der Waals surface area (Å²) in [7, 11) is 0. The molecule has 0 spiro atoms. The topological polar surface area (TPSA) is 102 Å². The third-order valence-electron chi connectivity index (χ3n) is 4.16. The van der Waals surface area contributed by atoms with Gasteiger partial charge in [-0.15, -0.1) is 0 Å². The highest BCUT2D eigenvalue weighted by molar-refractivity contribution is 5.92. The summed E-state index contributed by atoms with van der Waals surface area (Å²) in [6.45, 7) is 2.36. The Morgan fingerprint density at radius 1 is 1.12 bits per heavy atom. The standard InChI is InChI=1S/C18H22N4O4/c19-7-6-16-20-15(13-25-16)17(23)21-8-10-22(11-9-21)18(24)26-12-14-4-2-1-3-5-14/h1-5,13H,6-12,19H2. The molecule has 0 saturated carbocycles. The fourth-order valence-electron chi connectivity index (χ4n) is 2.71. The van der Waals surface area contributed by atoms with E-state index in [0.717, 1.165) is 5.56 Å². The van der Waals surface area contributed by atoms with Crippen molar-refractivity contribution in [3.63, 3.8) is 0 Å². The molecule has 0 aliphatic carbocycles. The fraction of sp³-hybridized carbons (Fsp3) is 0.389. The number of carbonyl (C=O) groups excluding carboxylic acids is 2. The first kappa shape index (κ1) is 17.9. The summed E-state index contributed by atoms with van der Waals surface area (Å²) in [6, 6.07) is 9.52. The van der Waals surface area contributed by atoms with E-state index < -0.39 is 0 Å². The van der Waals surface area contributed by atoms with Crippen LogP contribution in [0, 0.1) is 0 Å². The lowest BCUT2D eigenvalue weighted by molar-refractivity contribution is 0.0539. The van der Waals surface area contributed by atoms with Crippen molar-refractivity contribution in [2.45, 2.75) is 13.0 Å². The van der Waals surface area contributed by atoms with Gasteiger partial charge < -0.3 is 24.7 Å². The molecule has 2 aromatic rings. The number of rotatable bonds is 5. The predicted molar refractivity (Wildman–Crippen MR) is 93.4 cm³/mol. The normalized spacial score (nSPS) is 14.3. The van der Waals surface area contributed by atoms with Crippen LogP contribution in [0.2, 0.25) is 0 Å². The highest BCUT2D eigenvalue weighted by Gasteiger charge is 2.27. The molecule has 2 amide bonds. The van der Waals surface area contributed by atoms with E-state index in [9.17, 15) is 9.59 Å². The van der Waals surface area contributed by atoms with E-state index in [1.165, 1.54) is 6.26 Å². The molecular weight excluding hydrogens is 336 g/mol. The Labute approximate surface area is 151 Å². The summed E-state index contributed by atoms with van der Waals surface area (Å²) in [4.78, 5) is 32.0. The van der Waals surface area contributed by atoms with Gasteiger partial charge in [-0.25, -0.2) is 9.78 Å². The number of benzene rings is 1. The second-order valence-electron chi connectivity index (χ2n) is 5.98. The minimum absolute atomic E-state index is 0.200. The molecule has 2 heterocycles. The quantitative estimate of drug-likeness (QED) is 0.864. The van der Waals surface area contributed by atoms with E-state index in [0.29, 0.717) is 45.0 Å². The first-order chi connectivity index (χ1) is 12.7. The zero-order valence-electron chi connectivity index (χ0n) is 14.5. The van der Waals surface area contributed by atoms with E-state index in [1.54, 1.807) is 9.80 Å². The molecule has 0 radical (unpaired) electrons. The number of carbonyl (C=O) groups is 2. The fourth-order valence-corrected chi connectivity index (χ4v) is 2.71. The van der Waals surface area contributed by atoms with Crippen LogP contribution in [0.5, 0.6) is 0 Å². The number of hydrogen-bond donors (Lipinski definition) is 1. The Morgan fingerprint density at radius 2 is 1.81 bits per heavy atom. The number of nitrogens with two attached hydrogens (primary N) is 1. The van der Waals surface area contributed by atoms with Gasteiger partial charge in [-0.1, -0.05) is 30.3 Å². The van der Waals surface area contributed by atoms with Crippen LogP contribution in [0.1, 0.15) is 21.9 Å². The molecule has 0 unspecified atom stereocenters. The lowest BCUT2D eigenvalue weighted by Gasteiger charge is -2.33. The lowest BCUT2D eigenvalue weighted by Crippen LogP contribution is -2.50. The van der Waals surface area contributed by atoms with E-state index in [2.05, 4.69) is 4.98 Å². The molecule has 1 aliphatic heterocycles. The molecule has 2 N–H and O–H groups in total. The second-order valence-corrected chi connectivity index (χ2v) is 5.98. The maximum absolute atomic E-state index is 12.4. The van der Waals surface area contributed by atoms with E-state index in [1.807, 2.05) is 30.3 Å². The summed E-state index contributed by atoms with van der Waals surface area (Å²) in [6.07, 6.45) is 1.48. The molecule has 3 rings (SSSR count). The summed E-state index contributed by atoms with van der Waals surface area (Å²) in [5, 5.41) is 0. The van der Waals surface area contributed by atoms with Gasteiger partial charge in [0.2, 0.25) is 0 Å². The smallest absolute Gasteiger partial charge is 0.410 e. The Kier molecular flexibility index (Phi) is 5.85. The van der Waals surface area contributed by atoms with E-state index in [4.69, 9.17) is 14.9 Å². The monoisotopic (exact) mass is 358 g/mol.